The zero-order chi connectivity index (χ0) is 0. The summed E-state index contributed by atoms with van der Waals surface area (Å²) in [7, 11) is 0. The molecule has 0 aliphatic carbocycles. The van der Waals surface area contributed by atoms with Gasteiger partial charge in [0.25, 0.3) is 0 Å². The molecule has 5 N–H and O–H groups in total. The Balaban J connectivity index is 0. The molecule has 1 radical (unpaired) electrons. The minimum Gasteiger partial charge on any atom is -0.412 e. The second-order valence-electron chi connectivity index (χ2n) is 0. The maximum Gasteiger partial charge on any atom is 0 e. The van der Waals surface area contributed by atoms with Crippen LogP contribution in [0.5, 0.6) is 0 Å². The van der Waals surface area contributed by atoms with Crippen LogP contribution in [-0.4, -0.2) is 5.48 Å². The summed E-state index contributed by atoms with van der Waals surface area (Å²) in [5.41, 5.74) is 0. The molecule has 0 heterocycles. The van der Waals surface area contributed by atoms with Crippen LogP contribution >= 0.6 is 0 Å². The van der Waals surface area contributed by atoms with Gasteiger partial charge < -0.3 is 11.6 Å². The van der Waals surface area contributed by atoms with Crippen LogP contribution < -0.4 is 6.15 Å². The Morgan fingerprint density at radius 2 is 1.00 bits per heavy atom. The van der Waals surface area contributed by atoms with Crippen LogP contribution in [-0.2, 0) is 22.4 Å². The Morgan fingerprint density at radius 3 is 1.00 bits per heavy atom. The van der Waals surface area contributed by atoms with Gasteiger partial charge in [0.1, 0.15) is 0 Å². The molecule has 4 heteroatoms. The van der Waals surface area contributed by atoms with Crippen LogP contribution in [0.15, 0.2) is 0 Å². The van der Waals surface area contributed by atoms with Crippen LogP contribution in [0.4, 0.5) is 4.70 Å². The maximum atomic E-state index is 0. The average molecular weight is 236 g/mol. The Hall–Kier alpha value is 0.590. The van der Waals surface area contributed by atoms with E-state index in [1.165, 1.54) is 0 Å². The SMILES string of the molecule is F.N.O.[Ta]. The first kappa shape index (κ1) is 170. The molecule has 4 heavy (non-hydrogen) atoms. The first-order valence-electron chi connectivity index (χ1n) is 0. The normalized spacial score (nSPS) is 0. The molecule has 0 fully saturated rings. The molecule has 0 saturated heterocycles. The summed E-state index contributed by atoms with van der Waals surface area (Å²) >= 11 is 0. The van der Waals surface area contributed by atoms with E-state index >= 15 is 0 Å². The van der Waals surface area contributed by atoms with Crippen molar-refractivity contribution in [1.82, 2.24) is 6.15 Å². The van der Waals surface area contributed by atoms with Gasteiger partial charge in [-0.05, 0) is 0 Å². The van der Waals surface area contributed by atoms with E-state index in [1.807, 2.05) is 0 Å². The Bertz CT molecular complexity index is 8.00. The van der Waals surface area contributed by atoms with E-state index in [1.54, 1.807) is 0 Å². The molecular formula is H6FNOTa. The molecule has 0 bridgehead atoms. The van der Waals surface area contributed by atoms with Gasteiger partial charge in [-0.25, -0.2) is 0 Å². The van der Waals surface area contributed by atoms with E-state index in [4.69, 9.17) is 0 Å². The average Bonchev–Trinajstić information content (AvgIpc) is 0. The van der Waals surface area contributed by atoms with E-state index in [-0.39, 0.29) is 38.7 Å². The Kier molecular flexibility index (Phi) is 2940. The third-order valence-electron chi connectivity index (χ3n) is 0. The zero-order valence-corrected chi connectivity index (χ0v) is 5.28. The van der Waals surface area contributed by atoms with E-state index < -0.39 is 0 Å². The van der Waals surface area contributed by atoms with Crippen LogP contribution in [0.1, 0.15) is 0 Å². The van der Waals surface area contributed by atoms with Gasteiger partial charge in [-0.3, -0.25) is 4.70 Å². The van der Waals surface area contributed by atoms with Gasteiger partial charge in [-0.2, -0.15) is 0 Å². The molecular weight excluding hydrogens is 230 g/mol. The summed E-state index contributed by atoms with van der Waals surface area (Å²) in [4.78, 5) is 0. The van der Waals surface area contributed by atoms with Crippen molar-refractivity contribution in [2.45, 2.75) is 0 Å². The van der Waals surface area contributed by atoms with Gasteiger partial charge in [0, 0.05) is 22.4 Å². The van der Waals surface area contributed by atoms with Crippen LogP contribution in [0.2, 0.25) is 0 Å². The quantitative estimate of drug-likeness (QED) is 0.604. The van der Waals surface area contributed by atoms with E-state index in [0.717, 1.165) is 0 Å². The second kappa shape index (κ2) is 69.1. The molecule has 0 aromatic rings. The minimum atomic E-state index is 0. The largest absolute Gasteiger partial charge is 0.412 e. The van der Waals surface area contributed by atoms with Crippen molar-refractivity contribution in [2.75, 3.05) is 0 Å². The third kappa shape index (κ3) is 18.8. The van der Waals surface area contributed by atoms with Crippen molar-refractivity contribution >= 4 is 0 Å². The summed E-state index contributed by atoms with van der Waals surface area (Å²) in [6.07, 6.45) is 0. The molecule has 0 aliphatic heterocycles. The van der Waals surface area contributed by atoms with Crippen molar-refractivity contribution in [1.29, 1.82) is 0 Å². The first-order chi connectivity index (χ1) is 0. The van der Waals surface area contributed by atoms with Gasteiger partial charge in [-0.15, -0.1) is 0 Å². The maximum absolute atomic E-state index is 0. The monoisotopic (exact) mass is 236 g/mol. The number of halogens is 1. The smallest absolute Gasteiger partial charge is 0 e. The van der Waals surface area contributed by atoms with Crippen molar-refractivity contribution in [3.05, 3.63) is 0 Å². The van der Waals surface area contributed by atoms with Gasteiger partial charge in [0.2, 0.25) is 0 Å². The number of hydrogen-bond acceptors (Lipinski definition) is 1. The predicted octanol–water partition coefficient (Wildman–Crippen LogP) is -0.513. The molecule has 0 atom stereocenters. The van der Waals surface area contributed by atoms with Crippen molar-refractivity contribution < 1.29 is 32.6 Å². The van der Waals surface area contributed by atoms with E-state index in [0.29, 0.717) is 0 Å². The Morgan fingerprint density at radius 1 is 1.00 bits per heavy atom. The van der Waals surface area contributed by atoms with E-state index in [2.05, 4.69) is 0 Å². The van der Waals surface area contributed by atoms with Crippen molar-refractivity contribution in [3.63, 3.8) is 0 Å². The van der Waals surface area contributed by atoms with Gasteiger partial charge in [0.05, 0.1) is 0 Å². The first-order valence-corrected chi connectivity index (χ1v) is 0. The van der Waals surface area contributed by atoms with Gasteiger partial charge in [0.15, 0.2) is 0 Å². The fourth-order valence-electron chi connectivity index (χ4n) is 0. The van der Waals surface area contributed by atoms with Crippen molar-refractivity contribution in [2.24, 2.45) is 0 Å². The van der Waals surface area contributed by atoms with Gasteiger partial charge >= 0.3 is 0 Å². The molecule has 2 nitrogen and oxygen atoms in total. The summed E-state index contributed by atoms with van der Waals surface area (Å²) in [6, 6.07) is 0. The summed E-state index contributed by atoms with van der Waals surface area (Å²) in [5.74, 6) is 0. The third-order valence-corrected chi connectivity index (χ3v) is 0. The van der Waals surface area contributed by atoms with Crippen LogP contribution in [0.3, 0.4) is 0 Å². The summed E-state index contributed by atoms with van der Waals surface area (Å²) in [6.45, 7) is 0. The van der Waals surface area contributed by atoms with E-state index in [9.17, 15) is 0 Å². The standard InChI is InChI=1S/FH.H3N.H2O.Ta/h1H;1H3;1H2;. The number of rotatable bonds is 0. The molecule has 0 aromatic carbocycles. The predicted molar refractivity (Wildman–Crippen MR) is 11.1 cm³/mol. The molecule has 0 amide bonds. The fourth-order valence-corrected chi connectivity index (χ4v) is 0. The zero-order valence-electron chi connectivity index (χ0n) is 2.06. The fraction of sp³-hybridized carbons (Fsp3) is 0. The number of hydrogen-bond donors (Lipinski definition) is 1. The summed E-state index contributed by atoms with van der Waals surface area (Å²) < 4.78 is 0. The molecule has 0 rings (SSSR count). The van der Waals surface area contributed by atoms with Gasteiger partial charge in [-0.1, -0.05) is 0 Å². The molecule has 0 aliphatic rings. The molecule has 0 aromatic heterocycles. The van der Waals surface area contributed by atoms with Crippen LogP contribution in [0.25, 0.3) is 0 Å². The Labute approximate surface area is 39.3 Å². The summed E-state index contributed by atoms with van der Waals surface area (Å²) in [5, 5.41) is 0. The minimum absolute atomic E-state index is 0. The van der Waals surface area contributed by atoms with Crippen molar-refractivity contribution in [3.8, 4) is 0 Å². The molecule has 0 unspecified atom stereocenters. The van der Waals surface area contributed by atoms with Crippen LogP contribution in [0, 0.1) is 0 Å². The molecule has 0 spiro atoms. The second-order valence-corrected chi connectivity index (χ2v) is 0. The molecule has 29 valence electrons. The topological polar surface area (TPSA) is 66.5 Å². The molecule has 0 saturated carbocycles.